The molecule has 3 N–H and O–H groups in total. The fourth-order valence-corrected chi connectivity index (χ4v) is 3.36. The molecule has 146 valence electrons. The van der Waals surface area contributed by atoms with Crippen molar-refractivity contribution in [2.24, 2.45) is 0 Å². The van der Waals surface area contributed by atoms with Gasteiger partial charge in [0.1, 0.15) is 5.75 Å². The van der Waals surface area contributed by atoms with E-state index in [-0.39, 0.29) is 5.91 Å². The van der Waals surface area contributed by atoms with E-state index in [2.05, 4.69) is 15.6 Å². The topological polar surface area (TPSA) is 66.1 Å². The Kier molecular flexibility index (Phi) is 5.47. The number of carbonyl (C=O) groups excluding carboxylic acids is 1. The summed E-state index contributed by atoms with van der Waals surface area (Å²) in [6.07, 6.45) is 2.72. The van der Waals surface area contributed by atoms with Crippen LogP contribution < -0.4 is 15.4 Å². The normalized spacial score (nSPS) is 10.7. The van der Waals surface area contributed by atoms with Crippen LogP contribution >= 0.6 is 0 Å². The lowest BCUT2D eigenvalue weighted by molar-refractivity contribution is 0.0955. The number of aromatic amines is 1. The maximum atomic E-state index is 12.8. The number of para-hydroxylation sites is 2. The first kappa shape index (κ1) is 18.6. The summed E-state index contributed by atoms with van der Waals surface area (Å²) < 4.78 is 5.32. The summed E-state index contributed by atoms with van der Waals surface area (Å²) in [6, 6.07) is 23.3. The molecule has 0 atom stereocenters. The Bertz CT molecular complexity index is 1120. The number of fused-ring (bicyclic) bond motifs is 1. The van der Waals surface area contributed by atoms with Crippen molar-refractivity contribution in [1.29, 1.82) is 0 Å². The minimum atomic E-state index is -0.0959. The van der Waals surface area contributed by atoms with Gasteiger partial charge in [-0.05, 0) is 54.4 Å². The zero-order valence-corrected chi connectivity index (χ0v) is 16.2. The van der Waals surface area contributed by atoms with Crippen LogP contribution in [0.5, 0.6) is 5.75 Å². The minimum Gasteiger partial charge on any atom is -0.497 e. The van der Waals surface area contributed by atoms with Gasteiger partial charge in [0.25, 0.3) is 5.91 Å². The van der Waals surface area contributed by atoms with E-state index in [4.69, 9.17) is 4.74 Å². The molecule has 0 saturated heterocycles. The molecule has 1 aromatic heterocycles. The molecule has 29 heavy (non-hydrogen) atoms. The van der Waals surface area contributed by atoms with Crippen molar-refractivity contribution in [2.75, 3.05) is 19.0 Å². The highest BCUT2D eigenvalue weighted by Gasteiger charge is 2.11. The Morgan fingerprint density at radius 1 is 1.00 bits per heavy atom. The van der Waals surface area contributed by atoms with Crippen molar-refractivity contribution in [2.45, 2.75) is 6.42 Å². The molecule has 0 radical (unpaired) electrons. The Hall–Kier alpha value is -3.73. The lowest BCUT2D eigenvalue weighted by Gasteiger charge is -2.12. The monoisotopic (exact) mass is 385 g/mol. The SMILES string of the molecule is COc1ccc2[nH]cc(CCNC(=O)c3ccccc3Nc3ccccc3)c2c1. The Morgan fingerprint density at radius 2 is 1.79 bits per heavy atom. The maximum absolute atomic E-state index is 12.8. The lowest BCUT2D eigenvalue weighted by Crippen LogP contribution is -2.26. The molecule has 1 heterocycles. The number of ether oxygens (including phenoxy) is 1. The average molecular weight is 385 g/mol. The van der Waals surface area contributed by atoms with E-state index in [1.807, 2.05) is 79.0 Å². The van der Waals surface area contributed by atoms with Crippen LogP contribution in [0.15, 0.2) is 79.0 Å². The van der Waals surface area contributed by atoms with Gasteiger partial charge in [-0.15, -0.1) is 0 Å². The highest BCUT2D eigenvalue weighted by molar-refractivity contribution is 6.00. The number of H-pyrrole nitrogens is 1. The quantitative estimate of drug-likeness (QED) is 0.424. The molecule has 0 fully saturated rings. The summed E-state index contributed by atoms with van der Waals surface area (Å²) in [5, 5.41) is 7.46. The zero-order chi connectivity index (χ0) is 20.1. The highest BCUT2D eigenvalue weighted by Crippen LogP contribution is 2.24. The Balaban J connectivity index is 1.43. The lowest BCUT2D eigenvalue weighted by atomic mass is 10.1. The molecule has 0 bridgehead atoms. The molecule has 0 spiro atoms. The van der Waals surface area contributed by atoms with E-state index in [1.54, 1.807) is 7.11 Å². The number of nitrogens with one attached hydrogen (secondary N) is 3. The fraction of sp³-hybridized carbons (Fsp3) is 0.125. The van der Waals surface area contributed by atoms with Crippen LogP contribution in [0.4, 0.5) is 11.4 Å². The number of aromatic nitrogens is 1. The Morgan fingerprint density at radius 3 is 2.62 bits per heavy atom. The van der Waals surface area contributed by atoms with Gasteiger partial charge in [-0.3, -0.25) is 4.79 Å². The minimum absolute atomic E-state index is 0.0959. The number of benzene rings is 3. The van der Waals surface area contributed by atoms with E-state index in [1.165, 1.54) is 0 Å². The largest absolute Gasteiger partial charge is 0.497 e. The van der Waals surface area contributed by atoms with E-state index in [0.717, 1.165) is 40.0 Å². The van der Waals surface area contributed by atoms with Crippen LogP contribution in [-0.2, 0) is 6.42 Å². The molecule has 0 aliphatic carbocycles. The first-order valence-corrected chi connectivity index (χ1v) is 9.58. The molecule has 4 aromatic rings. The molecule has 5 heteroatoms. The van der Waals surface area contributed by atoms with Crippen LogP contribution in [0.3, 0.4) is 0 Å². The first-order valence-electron chi connectivity index (χ1n) is 9.58. The van der Waals surface area contributed by atoms with E-state index in [0.29, 0.717) is 12.1 Å². The molecule has 3 aromatic carbocycles. The standard InChI is InChI=1S/C24H23N3O2/c1-29-19-11-12-22-21(15-19)17(16-26-22)13-14-25-24(28)20-9-5-6-10-23(20)27-18-7-3-2-4-8-18/h2-12,15-16,26-27H,13-14H2,1H3,(H,25,28). The third-order valence-corrected chi connectivity index (χ3v) is 4.88. The summed E-state index contributed by atoms with van der Waals surface area (Å²) in [5.74, 6) is 0.727. The number of hydrogen-bond donors (Lipinski definition) is 3. The molecular weight excluding hydrogens is 362 g/mol. The van der Waals surface area contributed by atoms with Crippen LogP contribution in [-0.4, -0.2) is 24.5 Å². The summed E-state index contributed by atoms with van der Waals surface area (Å²) in [7, 11) is 1.66. The molecular formula is C24H23N3O2. The summed E-state index contributed by atoms with van der Waals surface area (Å²) in [5.41, 5.74) is 4.56. The van der Waals surface area contributed by atoms with Crippen LogP contribution in [0.2, 0.25) is 0 Å². The second-order valence-electron chi connectivity index (χ2n) is 6.77. The molecule has 4 rings (SSSR count). The van der Waals surface area contributed by atoms with Crippen LogP contribution in [0.1, 0.15) is 15.9 Å². The van der Waals surface area contributed by atoms with Crippen molar-refractivity contribution in [3.8, 4) is 5.75 Å². The number of carbonyl (C=O) groups is 1. The second kappa shape index (κ2) is 8.52. The smallest absolute Gasteiger partial charge is 0.253 e. The zero-order valence-electron chi connectivity index (χ0n) is 16.2. The van der Waals surface area contributed by atoms with E-state index in [9.17, 15) is 4.79 Å². The predicted molar refractivity (Wildman–Crippen MR) is 117 cm³/mol. The third-order valence-electron chi connectivity index (χ3n) is 4.88. The van der Waals surface area contributed by atoms with Crippen LogP contribution in [0.25, 0.3) is 10.9 Å². The van der Waals surface area contributed by atoms with Gasteiger partial charge in [-0.1, -0.05) is 30.3 Å². The van der Waals surface area contributed by atoms with Gasteiger partial charge in [-0.25, -0.2) is 0 Å². The molecule has 0 aliphatic rings. The van der Waals surface area contributed by atoms with Gasteiger partial charge in [0.05, 0.1) is 18.4 Å². The number of amides is 1. The van der Waals surface area contributed by atoms with Crippen molar-refractivity contribution in [3.05, 3.63) is 90.1 Å². The molecule has 0 aliphatic heterocycles. The second-order valence-corrected chi connectivity index (χ2v) is 6.77. The summed E-state index contributed by atoms with van der Waals surface area (Å²) >= 11 is 0. The summed E-state index contributed by atoms with van der Waals surface area (Å²) in [6.45, 7) is 0.544. The number of hydrogen-bond acceptors (Lipinski definition) is 3. The first-order chi connectivity index (χ1) is 14.2. The highest BCUT2D eigenvalue weighted by atomic mass is 16.5. The van der Waals surface area contributed by atoms with Gasteiger partial charge >= 0.3 is 0 Å². The molecule has 0 unspecified atom stereocenters. The van der Waals surface area contributed by atoms with Crippen molar-refractivity contribution >= 4 is 28.2 Å². The number of rotatable bonds is 7. The number of anilines is 2. The van der Waals surface area contributed by atoms with Crippen molar-refractivity contribution < 1.29 is 9.53 Å². The van der Waals surface area contributed by atoms with Crippen molar-refractivity contribution in [1.82, 2.24) is 10.3 Å². The number of methoxy groups -OCH3 is 1. The average Bonchev–Trinajstić information content (AvgIpc) is 3.17. The van der Waals surface area contributed by atoms with Gasteiger partial charge in [-0.2, -0.15) is 0 Å². The summed E-state index contributed by atoms with van der Waals surface area (Å²) in [4.78, 5) is 16.0. The Labute approximate surface area is 169 Å². The molecule has 5 nitrogen and oxygen atoms in total. The predicted octanol–water partition coefficient (Wildman–Crippen LogP) is 4.89. The van der Waals surface area contributed by atoms with Gasteiger partial charge in [0.15, 0.2) is 0 Å². The maximum Gasteiger partial charge on any atom is 0.253 e. The van der Waals surface area contributed by atoms with E-state index < -0.39 is 0 Å². The van der Waals surface area contributed by atoms with Gasteiger partial charge in [0.2, 0.25) is 0 Å². The van der Waals surface area contributed by atoms with Crippen molar-refractivity contribution in [3.63, 3.8) is 0 Å². The van der Waals surface area contributed by atoms with Gasteiger partial charge < -0.3 is 20.4 Å². The molecule has 0 saturated carbocycles. The fourth-order valence-electron chi connectivity index (χ4n) is 3.36. The van der Waals surface area contributed by atoms with Crippen LogP contribution in [0, 0.1) is 0 Å². The van der Waals surface area contributed by atoms with E-state index >= 15 is 0 Å². The van der Waals surface area contributed by atoms with Gasteiger partial charge in [0, 0.05) is 29.3 Å². The third kappa shape index (κ3) is 4.24. The molecule has 1 amide bonds.